The van der Waals surface area contributed by atoms with Gasteiger partial charge in [-0.1, -0.05) is 77.9 Å². The van der Waals surface area contributed by atoms with E-state index in [1.807, 2.05) is 0 Å². The molecule has 0 unspecified atom stereocenters. The van der Waals surface area contributed by atoms with Crippen LogP contribution in [-0.4, -0.2) is 5.88 Å². The van der Waals surface area contributed by atoms with Gasteiger partial charge in [-0.05, 0) is 59.3 Å². The van der Waals surface area contributed by atoms with E-state index >= 15 is 0 Å². The Balaban J connectivity index is 1.85. The molecule has 2 heteroatoms. The number of rotatable bonds is 2. The molecule has 0 bridgehead atoms. The molecule has 4 rings (SSSR count). The van der Waals surface area contributed by atoms with Crippen LogP contribution in [0.15, 0.2) is 53.1 Å². The van der Waals surface area contributed by atoms with Gasteiger partial charge >= 0.3 is 0 Å². The van der Waals surface area contributed by atoms with E-state index in [2.05, 4.69) is 101 Å². The lowest BCUT2D eigenvalue weighted by Gasteiger charge is -2.29. The van der Waals surface area contributed by atoms with Crippen LogP contribution >= 0.6 is 11.8 Å². The maximum absolute atomic E-state index is 2.59. The van der Waals surface area contributed by atoms with Crippen LogP contribution in [-0.2, 0) is 10.8 Å². The van der Waals surface area contributed by atoms with E-state index < -0.39 is 0 Å². The maximum atomic E-state index is 2.59. The minimum absolute atomic E-state index is 0.132. The van der Waals surface area contributed by atoms with Crippen molar-refractivity contribution in [2.75, 3.05) is 10.8 Å². The molecule has 0 spiro atoms. The molecule has 2 aromatic rings. The van der Waals surface area contributed by atoms with Crippen molar-refractivity contribution in [1.82, 2.24) is 0 Å². The average Bonchev–Trinajstić information content (AvgIpc) is 3.10. The molecule has 0 radical (unpaired) electrons. The van der Waals surface area contributed by atoms with E-state index in [0.717, 1.165) is 5.88 Å². The normalized spacial score (nSPS) is 17.7. The summed E-state index contributed by atoms with van der Waals surface area (Å²) in [6.45, 7) is 13.9. The Morgan fingerprint density at radius 1 is 0.793 bits per heavy atom. The van der Waals surface area contributed by atoms with Gasteiger partial charge in [0.05, 0.1) is 5.88 Å². The molecule has 2 aliphatic rings. The zero-order valence-electron chi connectivity index (χ0n) is 18.9. The van der Waals surface area contributed by atoms with Crippen molar-refractivity contribution in [2.24, 2.45) is 0 Å². The fraction of sp³-hybridized carbons (Fsp3) is 0.481. The van der Waals surface area contributed by atoms with Crippen molar-refractivity contribution < 1.29 is 0 Å². The van der Waals surface area contributed by atoms with Crippen LogP contribution in [0.2, 0.25) is 0 Å². The number of benzene rings is 2. The van der Waals surface area contributed by atoms with Crippen LogP contribution in [0.25, 0.3) is 11.1 Å². The maximum Gasteiger partial charge on any atom is 0.0729 e. The summed E-state index contributed by atoms with van der Waals surface area (Å²) >= 11 is 2.05. The SMILES string of the molecule is CC(C)(C)c1cc(-c2ccccc2N2CSC3=C2CCCC3)cc(C(C)(C)C)c1. The fourth-order valence-electron chi connectivity index (χ4n) is 4.34. The summed E-state index contributed by atoms with van der Waals surface area (Å²) in [6, 6.07) is 16.3. The molecule has 0 fully saturated rings. The first-order valence-corrected chi connectivity index (χ1v) is 12.0. The van der Waals surface area contributed by atoms with Crippen LogP contribution in [0.5, 0.6) is 0 Å². The van der Waals surface area contributed by atoms with Crippen LogP contribution < -0.4 is 4.90 Å². The van der Waals surface area contributed by atoms with Gasteiger partial charge in [0, 0.05) is 21.9 Å². The Bertz CT molecular complexity index is 907. The largest absolute Gasteiger partial charge is 0.334 e. The second-order valence-corrected chi connectivity index (χ2v) is 11.6. The van der Waals surface area contributed by atoms with E-state index in [1.165, 1.54) is 53.6 Å². The van der Waals surface area contributed by atoms with Gasteiger partial charge < -0.3 is 4.90 Å². The predicted octanol–water partition coefficient (Wildman–Crippen LogP) is 8.24. The van der Waals surface area contributed by atoms with Gasteiger partial charge in [-0.3, -0.25) is 0 Å². The summed E-state index contributed by atoms with van der Waals surface area (Å²) < 4.78 is 0. The van der Waals surface area contributed by atoms with Crippen LogP contribution in [0, 0.1) is 0 Å². The zero-order valence-corrected chi connectivity index (χ0v) is 19.7. The van der Waals surface area contributed by atoms with Crippen LogP contribution in [0.3, 0.4) is 0 Å². The smallest absolute Gasteiger partial charge is 0.0729 e. The van der Waals surface area contributed by atoms with Crippen molar-refractivity contribution in [3.63, 3.8) is 0 Å². The Labute approximate surface area is 181 Å². The summed E-state index contributed by atoms with van der Waals surface area (Å²) in [5.41, 5.74) is 8.78. The lowest BCUT2D eigenvalue weighted by molar-refractivity contribution is 0.569. The van der Waals surface area contributed by atoms with Gasteiger partial charge in [-0.2, -0.15) is 0 Å². The lowest BCUT2D eigenvalue weighted by Crippen LogP contribution is -2.20. The molecule has 0 saturated carbocycles. The van der Waals surface area contributed by atoms with E-state index in [4.69, 9.17) is 0 Å². The van der Waals surface area contributed by atoms with Gasteiger partial charge in [0.15, 0.2) is 0 Å². The standard InChI is InChI=1S/C27H35NS/c1-26(2,3)20-15-19(16-21(17-20)27(4,5)6)22-11-7-8-12-23(22)28-18-29-25-14-10-9-13-24(25)28/h7-8,11-12,15-17H,9-10,13-14,18H2,1-6H3. The number of nitrogens with zero attached hydrogens (tertiary/aromatic N) is 1. The third-order valence-corrected chi connectivity index (χ3v) is 7.43. The average molecular weight is 406 g/mol. The second kappa shape index (κ2) is 7.54. The van der Waals surface area contributed by atoms with E-state index in [9.17, 15) is 0 Å². The molecule has 154 valence electrons. The van der Waals surface area contributed by atoms with Gasteiger partial charge in [0.1, 0.15) is 0 Å². The topological polar surface area (TPSA) is 3.24 Å². The molecular formula is C27H35NS. The summed E-state index contributed by atoms with van der Waals surface area (Å²) in [5, 5.41) is 0. The van der Waals surface area contributed by atoms with E-state index in [0.29, 0.717) is 0 Å². The Kier molecular flexibility index (Phi) is 5.36. The quantitative estimate of drug-likeness (QED) is 0.495. The van der Waals surface area contributed by atoms with Gasteiger partial charge in [0.2, 0.25) is 0 Å². The van der Waals surface area contributed by atoms with Crippen LogP contribution in [0.4, 0.5) is 5.69 Å². The molecule has 2 aromatic carbocycles. The molecule has 0 amide bonds. The highest BCUT2D eigenvalue weighted by atomic mass is 32.2. The summed E-state index contributed by atoms with van der Waals surface area (Å²) in [7, 11) is 0. The highest BCUT2D eigenvalue weighted by molar-refractivity contribution is 8.03. The van der Waals surface area contributed by atoms with Gasteiger partial charge in [-0.25, -0.2) is 0 Å². The Morgan fingerprint density at radius 2 is 1.41 bits per heavy atom. The molecule has 0 saturated heterocycles. The third-order valence-electron chi connectivity index (χ3n) is 6.25. The molecule has 1 nitrogen and oxygen atoms in total. The first-order valence-electron chi connectivity index (χ1n) is 11.0. The Morgan fingerprint density at radius 3 is 2.07 bits per heavy atom. The highest BCUT2D eigenvalue weighted by Crippen LogP contribution is 2.46. The summed E-state index contributed by atoms with van der Waals surface area (Å²) in [6.07, 6.45) is 5.17. The monoisotopic (exact) mass is 405 g/mol. The van der Waals surface area contributed by atoms with E-state index in [-0.39, 0.29) is 10.8 Å². The number of anilines is 1. The van der Waals surface area contributed by atoms with Crippen molar-refractivity contribution >= 4 is 17.4 Å². The Hall–Kier alpha value is -1.67. The third kappa shape index (κ3) is 4.14. The second-order valence-electron chi connectivity index (χ2n) is 10.6. The van der Waals surface area contributed by atoms with Crippen molar-refractivity contribution in [1.29, 1.82) is 0 Å². The fourth-order valence-corrected chi connectivity index (χ4v) is 5.59. The van der Waals surface area contributed by atoms with Crippen molar-refractivity contribution in [3.8, 4) is 11.1 Å². The summed E-state index contributed by atoms with van der Waals surface area (Å²) in [5.74, 6) is 1.06. The molecule has 0 atom stereocenters. The molecular weight excluding hydrogens is 370 g/mol. The number of para-hydroxylation sites is 1. The minimum Gasteiger partial charge on any atom is -0.334 e. The zero-order chi connectivity index (χ0) is 20.8. The molecule has 0 N–H and O–H groups in total. The molecule has 0 aromatic heterocycles. The first-order chi connectivity index (χ1) is 13.6. The number of hydrogen-bond donors (Lipinski definition) is 0. The lowest BCUT2D eigenvalue weighted by atomic mass is 9.78. The molecule has 29 heavy (non-hydrogen) atoms. The van der Waals surface area contributed by atoms with Gasteiger partial charge in [-0.15, -0.1) is 11.8 Å². The minimum atomic E-state index is 0.132. The number of allylic oxidation sites excluding steroid dienone is 2. The molecule has 1 aliphatic carbocycles. The molecule has 1 aliphatic heterocycles. The van der Waals surface area contributed by atoms with Crippen molar-refractivity contribution in [3.05, 3.63) is 64.2 Å². The van der Waals surface area contributed by atoms with Gasteiger partial charge in [0.25, 0.3) is 0 Å². The number of hydrogen-bond acceptors (Lipinski definition) is 2. The first kappa shape index (κ1) is 20.6. The highest BCUT2D eigenvalue weighted by Gasteiger charge is 2.28. The molecule has 1 heterocycles. The summed E-state index contributed by atoms with van der Waals surface area (Å²) in [4.78, 5) is 4.22. The van der Waals surface area contributed by atoms with Crippen LogP contribution in [0.1, 0.15) is 78.4 Å². The number of thioether (sulfide) groups is 1. The van der Waals surface area contributed by atoms with Crippen molar-refractivity contribution in [2.45, 2.75) is 78.1 Å². The van der Waals surface area contributed by atoms with E-state index in [1.54, 1.807) is 10.6 Å². The predicted molar refractivity (Wildman–Crippen MR) is 130 cm³/mol.